The Hall–Kier alpha value is -3.40. The molecule has 42 heavy (non-hydrogen) atoms. The van der Waals surface area contributed by atoms with Crippen molar-refractivity contribution in [2.24, 2.45) is 0 Å². The summed E-state index contributed by atoms with van der Waals surface area (Å²) in [6.07, 6.45) is 0.768. The average molecular weight is 616 g/mol. The molecule has 1 atom stereocenters. The molecule has 3 aromatic carbocycles. The molecule has 10 heteroatoms. The van der Waals surface area contributed by atoms with E-state index in [0.717, 1.165) is 18.4 Å². The largest absolute Gasteiger partial charge is 0.444 e. The van der Waals surface area contributed by atoms with Crippen molar-refractivity contribution in [2.75, 3.05) is 13.1 Å². The van der Waals surface area contributed by atoms with Crippen LogP contribution >= 0.6 is 11.6 Å². The molecule has 0 fully saturated rings. The van der Waals surface area contributed by atoms with E-state index in [1.807, 2.05) is 6.92 Å². The first-order chi connectivity index (χ1) is 19.8. The van der Waals surface area contributed by atoms with E-state index in [1.165, 1.54) is 41.3 Å². The molecule has 0 saturated heterocycles. The molecule has 226 valence electrons. The third-order valence-corrected chi connectivity index (χ3v) is 8.30. The van der Waals surface area contributed by atoms with Crippen molar-refractivity contribution >= 4 is 33.5 Å². The molecule has 0 spiro atoms. The zero-order valence-corrected chi connectivity index (χ0v) is 26.0. The molecule has 0 bridgehead atoms. The number of carbonyl (C=O) groups is 2. The highest BCUT2D eigenvalue weighted by atomic mass is 35.5. The Kier molecular flexibility index (Phi) is 11.6. The summed E-state index contributed by atoms with van der Waals surface area (Å²) in [6.45, 7) is 7.51. The van der Waals surface area contributed by atoms with Gasteiger partial charge in [-0.25, -0.2) is 13.2 Å². The van der Waals surface area contributed by atoms with Gasteiger partial charge in [-0.05, 0) is 93.3 Å². The highest BCUT2D eigenvalue weighted by molar-refractivity contribution is 7.91. The van der Waals surface area contributed by atoms with Crippen LogP contribution in [0.4, 0.5) is 4.79 Å². The van der Waals surface area contributed by atoms with E-state index >= 15 is 0 Å². The molecule has 0 saturated carbocycles. The van der Waals surface area contributed by atoms with Gasteiger partial charge in [-0.1, -0.05) is 49.2 Å². The quantitative estimate of drug-likeness (QED) is 0.177. The molecule has 3 rings (SSSR count). The van der Waals surface area contributed by atoms with Crippen LogP contribution in [0.1, 0.15) is 64.2 Å². The minimum absolute atomic E-state index is 0.00830. The van der Waals surface area contributed by atoms with Gasteiger partial charge in [0.1, 0.15) is 11.4 Å². The first-order valence-electron chi connectivity index (χ1n) is 13.8. The summed E-state index contributed by atoms with van der Waals surface area (Å²) in [5, 5.41) is 11.3. The fraction of sp³-hybridized carbons (Fsp3) is 0.375. The maximum absolute atomic E-state index is 13.2. The van der Waals surface area contributed by atoms with Gasteiger partial charge in [0.25, 0.3) is 0 Å². The smallest absolute Gasteiger partial charge is 0.410 e. The Balaban J connectivity index is 1.69. The normalized spacial score (nSPS) is 12.4. The lowest BCUT2D eigenvalue weighted by molar-refractivity contribution is -0.134. The van der Waals surface area contributed by atoms with Gasteiger partial charge in [0.2, 0.25) is 9.84 Å². The molecular formula is C32H38ClNO7S. The molecule has 0 heterocycles. The van der Waals surface area contributed by atoms with Crippen LogP contribution in [0.15, 0.2) is 82.6 Å². The van der Waals surface area contributed by atoms with Crippen LogP contribution in [-0.4, -0.2) is 49.2 Å². The summed E-state index contributed by atoms with van der Waals surface area (Å²) >= 11 is 6.06. The van der Waals surface area contributed by atoms with E-state index in [-0.39, 0.29) is 28.8 Å². The van der Waals surface area contributed by atoms with Crippen LogP contribution in [0.3, 0.4) is 0 Å². The molecule has 0 aliphatic carbocycles. The third kappa shape index (κ3) is 9.86. The van der Waals surface area contributed by atoms with E-state index in [9.17, 15) is 23.1 Å². The number of rotatable bonds is 12. The minimum Gasteiger partial charge on any atom is -0.444 e. The fourth-order valence-electron chi connectivity index (χ4n) is 4.04. The number of aliphatic hydroxyl groups is 1. The molecule has 1 amide bonds. The van der Waals surface area contributed by atoms with Gasteiger partial charge in [-0.2, -0.15) is 0 Å². The van der Waals surface area contributed by atoms with E-state index in [0.29, 0.717) is 29.2 Å². The van der Waals surface area contributed by atoms with Crippen LogP contribution in [0, 0.1) is 0 Å². The summed E-state index contributed by atoms with van der Waals surface area (Å²) in [5.41, 5.74) is 0.656. The average Bonchev–Trinajstić information content (AvgIpc) is 2.93. The maximum Gasteiger partial charge on any atom is 0.410 e. The summed E-state index contributed by atoms with van der Waals surface area (Å²) in [5.74, 6) is -0.0623. The Labute approximate surface area is 253 Å². The van der Waals surface area contributed by atoms with Crippen LogP contribution in [-0.2, 0) is 25.8 Å². The number of sulfone groups is 1. The highest BCUT2D eigenvalue weighted by Gasteiger charge is 2.25. The van der Waals surface area contributed by atoms with Crippen molar-refractivity contribution < 1.29 is 32.6 Å². The van der Waals surface area contributed by atoms with Crippen molar-refractivity contribution in [3.63, 3.8) is 0 Å². The zero-order valence-electron chi connectivity index (χ0n) is 24.4. The number of halogens is 1. The second kappa shape index (κ2) is 14.7. The van der Waals surface area contributed by atoms with Crippen LogP contribution in [0.5, 0.6) is 5.75 Å². The minimum atomic E-state index is -3.80. The van der Waals surface area contributed by atoms with E-state index in [2.05, 4.69) is 0 Å². The number of hydrogen-bond acceptors (Lipinski definition) is 7. The van der Waals surface area contributed by atoms with Crippen molar-refractivity contribution in [3.05, 3.63) is 88.9 Å². The molecule has 1 N–H and O–H groups in total. The number of benzene rings is 3. The van der Waals surface area contributed by atoms with Gasteiger partial charge < -0.3 is 19.5 Å². The summed E-state index contributed by atoms with van der Waals surface area (Å²) in [6, 6.07) is 19.0. The number of amides is 1. The first-order valence-corrected chi connectivity index (χ1v) is 15.7. The van der Waals surface area contributed by atoms with Gasteiger partial charge in [-0.15, -0.1) is 0 Å². The molecule has 0 aromatic heterocycles. The maximum atomic E-state index is 13.2. The molecule has 0 aliphatic rings. The van der Waals surface area contributed by atoms with Crippen LogP contribution in [0.25, 0.3) is 0 Å². The number of carbonyl (C=O) groups excluding carboxylic acids is 2. The molecule has 1 unspecified atom stereocenters. The fourth-order valence-corrected chi connectivity index (χ4v) is 5.50. The molecule has 8 nitrogen and oxygen atoms in total. The lowest BCUT2D eigenvalue weighted by Crippen LogP contribution is -2.40. The van der Waals surface area contributed by atoms with Gasteiger partial charge in [0.05, 0.1) is 22.4 Å². The van der Waals surface area contributed by atoms with Crippen molar-refractivity contribution in [2.45, 2.75) is 74.9 Å². The summed E-state index contributed by atoms with van der Waals surface area (Å²) < 4.78 is 37.2. The van der Waals surface area contributed by atoms with Crippen LogP contribution in [0.2, 0.25) is 5.02 Å². The second-order valence-electron chi connectivity index (χ2n) is 10.9. The van der Waals surface area contributed by atoms with Crippen molar-refractivity contribution in [1.82, 2.24) is 4.90 Å². The Bertz CT molecular complexity index is 1450. The zero-order chi connectivity index (χ0) is 30.9. The van der Waals surface area contributed by atoms with Crippen molar-refractivity contribution in [3.8, 4) is 5.75 Å². The summed E-state index contributed by atoms with van der Waals surface area (Å²) in [4.78, 5) is 26.4. The summed E-state index contributed by atoms with van der Waals surface area (Å²) in [7, 11) is -3.80. The van der Waals surface area contributed by atoms with Gasteiger partial charge >= 0.3 is 12.1 Å². The second-order valence-corrected chi connectivity index (χ2v) is 13.3. The Morgan fingerprint density at radius 3 is 2.17 bits per heavy atom. The molecular weight excluding hydrogens is 578 g/mol. The van der Waals surface area contributed by atoms with E-state index in [1.54, 1.807) is 57.2 Å². The molecule has 0 aliphatic heterocycles. The monoisotopic (exact) mass is 615 g/mol. The highest BCUT2D eigenvalue weighted by Crippen LogP contribution is 2.25. The number of nitrogens with zero attached hydrogens (tertiary/aromatic N) is 1. The van der Waals surface area contributed by atoms with Crippen molar-refractivity contribution in [1.29, 1.82) is 0 Å². The van der Waals surface area contributed by atoms with Gasteiger partial charge in [0.15, 0.2) is 0 Å². The predicted molar refractivity (Wildman–Crippen MR) is 161 cm³/mol. The number of aliphatic hydroxyl groups excluding tert-OH is 1. The third-order valence-electron chi connectivity index (χ3n) is 6.28. The SMILES string of the molecule is CCCCC(=O)Oc1ccc(S(=O)(=O)c2ccc(CCN(CC(O)c3cccc(Cl)c3)C(=O)OC(C)(C)C)cc2)cc1. The van der Waals surface area contributed by atoms with E-state index < -0.39 is 27.6 Å². The van der Waals surface area contributed by atoms with Crippen LogP contribution < -0.4 is 4.74 Å². The molecule has 0 radical (unpaired) electrons. The Morgan fingerprint density at radius 1 is 0.976 bits per heavy atom. The lowest BCUT2D eigenvalue weighted by Gasteiger charge is -2.29. The number of ether oxygens (including phenoxy) is 2. The van der Waals surface area contributed by atoms with E-state index in [4.69, 9.17) is 21.1 Å². The Morgan fingerprint density at radius 2 is 1.60 bits per heavy atom. The van der Waals surface area contributed by atoms with Gasteiger partial charge in [-0.3, -0.25) is 4.79 Å². The van der Waals surface area contributed by atoms with Gasteiger partial charge in [0, 0.05) is 18.0 Å². The predicted octanol–water partition coefficient (Wildman–Crippen LogP) is 6.78. The number of hydrogen-bond donors (Lipinski definition) is 1. The number of esters is 1. The standard InChI is InChI=1S/C32H38ClNO7S/c1-5-6-10-30(36)40-26-13-17-28(18-14-26)42(38,39)27-15-11-23(12-16-27)19-20-34(31(37)41-32(2,3)4)22-29(35)24-8-7-9-25(33)21-24/h7-9,11-18,21,29,35H,5-6,10,19-20,22H2,1-4H3. The first kappa shape index (κ1) is 33.1. The lowest BCUT2D eigenvalue weighted by atomic mass is 10.1. The number of unbranched alkanes of at least 4 members (excludes halogenated alkanes) is 1. The molecule has 3 aromatic rings. The topological polar surface area (TPSA) is 110 Å².